The Labute approximate surface area is 229 Å². The first kappa shape index (κ1) is 26.7. The van der Waals surface area contributed by atoms with Crippen molar-refractivity contribution < 1.29 is 14.0 Å². The monoisotopic (exact) mass is 536 g/mol. The zero-order chi connectivity index (χ0) is 26.8. The molecule has 3 heterocycles. The molecule has 0 unspecified atom stereocenters. The van der Waals surface area contributed by atoms with Crippen LogP contribution in [0.4, 0.5) is 0 Å². The number of hydrogen-bond acceptors (Lipinski definition) is 6. The Balaban J connectivity index is 1.45. The summed E-state index contributed by atoms with van der Waals surface area (Å²) >= 11 is 6.52. The van der Waals surface area contributed by atoms with E-state index in [9.17, 15) is 0 Å². The number of hydrogen-bond donors (Lipinski definition) is 0. The average molecular weight is 537 g/mol. The van der Waals surface area contributed by atoms with Gasteiger partial charge in [-0.1, -0.05) is 28.9 Å². The predicted molar refractivity (Wildman–Crippen MR) is 151 cm³/mol. The van der Waals surface area contributed by atoms with Crippen LogP contribution in [0.5, 0.6) is 5.75 Å². The molecule has 0 N–H and O–H groups in total. The Morgan fingerprint density at radius 1 is 1.03 bits per heavy atom. The van der Waals surface area contributed by atoms with Crippen molar-refractivity contribution in [3.05, 3.63) is 64.3 Å². The van der Waals surface area contributed by atoms with Crippen LogP contribution < -0.4 is 4.74 Å². The van der Waals surface area contributed by atoms with Gasteiger partial charge in [-0.05, 0) is 76.4 Å². The molecule has 0 bridgehead atoms. The molecule has 2 aromatic carbocycles. The summed E-state index contributed by atoms with van der Waals surface area (Å²) in [6.07, 6.45) is 1.74. The van der Waals surface area contributed by atoms with E-state index >= 15 is 0 Å². The maximum absolute atomic E-state index is 6.52. The standard InChI is InChI=1S/C30H37ClN4O3/c1-19(2)37-28-10-6-23(16-25(28)31)7-11-29-32-26-17-24(30-21(4)33-38-22(30)5)8-9-27(26)35(29)18-20(3)34-12-14-36-15-13-34/h6,8-10,16-17,19-20H,7,11-15,18H2,1-5H3/t20-/m1/s1. The Morgan fingerprint density at radius 3 is 2.50 bits per heavy atom. The van der Waals surface area contributed by atoms with E-state index in [1.165, 1.54) is 5.56 Å². The maximum atomic E-state index is 6.52. The number of morpholine rings is 1. The van der Waals surface area contributed by atoms with Gasteiger partial charge in [-0.2, -0.15) is 0 Å². The molecular weight excluding hydrogens is 500 g/mol. The number of nitrogens with zero attached hydrogens (tertiary/aromatic N) is 4. The molecule has 0 saturated carbocycles. The van der Waals surface area contributed by atoms with Gasteiger partial charge < -0.3 is 18.6 Å². The van der Waals surface area contributed by atoms with Crippen molar-refractivity contribution in [1.29, 1.82) is 0 Å². The Morgan fingerprint density at radius 2 is 1.82 bits per heavy atom. The van der Waals surface area contributed by atoms with Gasteiger partial charge in [0.1, 0.15) is 17.3 Å². The lowest BCUT2D eigenvalue weighted by atomic mass is 10.0. The first-order valence-corrected chi connectivity index (χ1v) is 13.9. The normalized spacial score (nSPS) is 15.4. The zero-order valence-electron chi connectivity index (χ0n) is 23.0. The van der Waals surface area contributed by atoms with Crippen molar-refractivity contribution in [3.8, 4) is 16.9 Å². The molecule has 0 amide bonds. The number of aromatic nitrogens is 3. The minimum atomic E-state index is 0.0852. The summed E-state index contributed by atoms with van der Waals surface area (Å²) in [6.45, 7) is 14.6. The third kappa shape index (κ3) is 5.75. The van der Waals surface area contributed by atoms with Crippen LogP contribution in [-0.2, 0) is 24.1 Å². The van der Waals surface area contributed by atoms with Gasteiger partial charge in [-0.25, -0.2) is 4.98 Å². The highest BCUT2D eigenvalue weighted by Crippen LogP contribution is 2.31. The molecule has 1 aliphatic rings. The topological polar surface area (TPSA) is 65.6 Å². The van der Waals surface area contributed by atoms with E-state index in [0.717, 1.165) is 90.9 Å². The van der Waals surface area contributed by atoms with Crippen LogP contribution in [0, 0.1) is 13.8 Å². The molecule has 0 aliphatic carbocycles. The Bertz CT molecular complexity index is 1380. The third-order valence-corrected chi connectivity index (χ3v) is 7.56. The average Bonchev–Trinajstić information content (AvgIpc) is 3.42. The van der Waals surface area contributed by atoms with Crippen molar-refractivity contribution in [2.75, 3.05) is 26.3 Å². The molecule has 1 aliphatic heterocycles. The summed E-state index contributed by atoms with van der Waals surface area (Å²) in [5, 5.41) is 4.79. The van der Waals surface area contributed by atoms with Crippen LogP contribution in [0.2, 0.25) is 5.02 Å². The Kier molecular flexibility index (Phi) is 8.07. The molecule has 1 atom stereocenters. The van der Waals surface area contributed by atoms with Crippen LogP contribution >= 0.6 is 11.6 Å². The van der Waals surface area contributed by atoms with Crippen molar-refractivity contribution in [3.63, 3.8) is 0 Å². The molecule has 2 aromatic heterocycles. The minimum absolute atomic E-state index is 0.0852. The summed E-state index contributed by atoms with van der Waals surface area (Å²) < 4.78 is 19.2. The summed E-state index contributed by atoms with van der Waals surface area (Å²) in [7, 11) is 0. The molecule has 8 heteroatoms. The highest BCUT2D eigenvalue weighted by Gasteiger charge is 2.21. The van der Waals surface area contributed by atoms with Gasteiger partial charge in [0, 0.05) is 37.7 Å². The van der Waals surface area contributed by atoms with E-state index in [1.807, 2.05) is 39.8 Å². The van der Waals surface area contributed by atoms with Gasteiger partial charge >= 0.3 is 0 Å². The number of ether oxygens (including phenoxy) is 2. The van der Waals surface area contributed by atoms with Crippen LogP contribution in [0.1, 0.15) is 43.6 Å². The second-order valence-corrected chi connectivity index (χ2v) is 10.9. The van der Waals surface area contributed by atoms with Crippen molar-refractivity contribution >= 4 is 22.6 Å². The first-order chi connectivity index (χ1) is 18.3. The highest BCUT2D eigenvalue weighted by atomic mass is 35.5. The van der Waals surface area contributed by atoms with E-state index in [2.05, 4.69) is 45.8 Å². The maximum Gasteiger partial charge on any atom is 0.141 e. The van der Waals surface area contributed by atoms with Gasteiger partial charge in [0.2, 0.25) is 0 Å². The largest absolute Gasteiger partial charge is 0.489 e. The lowest BCUT2D eigenvalue weighted by molar-refractivity contribution is 0.0170. The summed E-state index contributed by atoms with van der Waals surface area (Å²) in [6, 6.07) is 13.0. The van der Waals surface area contributed by atoms with Gasteiger partial charge in [-0.3, -0.25) is 4.90 Å². The van der Waals surface area contributed by atoms with E-state index in [0.29, 0.717) is 11.1 Å². The molecule has 4 aromatic rings. The minimum Gasteiger partial charge on any atom is -0.489 e. The van der Waals surface area contributed by atoms with Gasteiger partial charge in [0.15, 0.2) is 0 Å². The van der Waals surface area contributed by atoms with Gasteiger partial charge in [0.25, 0.3) is 0 Å². The number of halogens is 1. The van der Waals surface area contributed by atoms with Gasteiger partial charge in [0.05, 0.1) is 41.1 Å². The number of aryl methyl sites for hydroxylation is 4. The fraction of sp³-hybridized carbons (Fsp3) is 0.467. The van der Waals surface area contributed by atoms with Crippen LogP contribution in [-0.4, -0.2) is 58.1 Å². The second kappa shape index (κ2) is 11.5. The molecule has 38 heavy (non-hydrogen) atoms. The molecule has 7 nitrogen and oxygen atoms in total. The second-order valence-electron chi connectivity index (χ2n) is 10.5. The summed E-state index contributed by atoms with van der Waals surface area (Å²) in [5.41, 5.74) is 6.33. The number of benzene rings is 2. The van der Waals surface area contributed by atoms with E-state index in [-0.39, 0.29) is 6.10 Å². The Hall–Kier alpha value is -2.87. The molecule has 1 fully saturated rings. The fourth-order valence-corrected chi connectivity index (χ4v) is 5.58. The molecular formula is C30H37ClN4O3. The summed E-state index contributed by atoms with van der Waals surface area (Å²) in [4.78, 5) is 7.65. The molecule has 202 valence electrons. The number of rotatable bonds is 9. The lowest BCUT2D eigenvalue weighted by Gasteiger charge is -2.32. The lowest BCUT2D eigenvalue weighted by Crippen LogP contribution is -2.44. The number of fused-ring (bicyclic) bond motifs is 1. The molecule has 0 radical (unpaired) electrons. The van der Waals surface area contributed by atoms with Gasteiger partial charge in [-0.15, -0.1) is 0 Å². The van der Waals surface area contributed by atoms with E-state index in [1.54, 1.807) is 0 Å². The third-order valence-electron chi connectivity index (χ3n) is 7.26. The molecule has 5 rings (SSSR count). The van der Waals surface area contributed by atoms with Crippen molar-refractivity contribution in [1.82, 2.24) is 19.6 Å². The predicted octanol–water partition coefficient (Wildman–Crippen LogP) is 6.25. The smallest absolute Gasteiger partial charge is 0.141 e. The van der Waals surface area contributed by atoms with E-state index in [4.69, 9.17) is 30.6 Å². The van der Waals surface area contributed by atoms with Crippen LogP contribution in [0.3, 0.4) is 0 Å². The highest BCUT2D eigenvalue weighted by molar-refractivity contribution is 6.32. The van der Waals surface area contributed by atoms with Crippen LogP contribution in [0.25, 0.3) is 22.2 Å². The van der Waals surface area contributed by atoms with E-state index < -0.39 is 0 Å². The van der Waals surface area contributed by atoms with Crippen LogP contribution in [0.15, 0.2) is 40.9 Å². The molecule has 0 spiro atoms. The SMILES string of the molecule is Cc1noc(C)c1-c1ccc2c(c1)nc(CCc1ccc(OC(C)C)c(Cl)c1)n2C[C@@H](C)N1CCOCC1. The number of imidazole rings is 1. The first-order valence-electron chi connectivity index (χ1n) is 13.5. The fourth-order valence-electron chi connectivity index (χ4n) is 5.33. The zero-order valence-corrected chi connectivity index (χ0v) is 23.7. The van der Waals surface area contributed by atoms with Crippen molar-refractivity contribution in [2.45, 2.75) is 66.2 Å². The quantitative estimate of drug-likeness (QED) is 0.252. The van der Waals surface area contributed by atoms with Crippen molar-refractivity contribution in [2.24, 2.45) is 0 Å². The summed E-state index contributed by atoms with van der Waals surface area (Å²) in [5.74, 6) is 2.63. The molecule has 1 saturated heterocycles.